The summed E-state index contributed by atoms with van der Waals surface area (Å²) in [6.45, 7) is 3.21. The fourth-order valence-corrected chi connectivity index (χ4v) is 2.70. The SMILES string of the molecule is CNc1nc(Cl)nc2c1COCC2c1ccc(C)cc1. The topological polar surface area (TPSA) is 47.0 Å². The van der Waals surface area contributed by atoms with Gasteiger partial charge in [0.15, 0.2) is 0 Å². The summed E-state index contributed by atoms with van der Waals surface area (Å²) in [5.41, 5.74) is 4.38. The molecule has 0 saturated carbocycles. The van der Waals surface area contributed by atoms with Crippen LogP contribution in [0.15, 0.2) is 24.3 Å². The average Bonchev–Trinajstić information content (AvgIpc) is 2.46. The van der Waals surface area contributed by atoms with Crippen molar-refractivity contribution in [3.05, 3.63) is 51.9 Å². The normalized spacial score (nSPS) is 17.6. The van der Waals surface area contributed by atoms with E-state index in [4.69, 9.17) is 16.3 Å². The number of rotatable bonds is 2. The lowest BCUT2D eigenvalue weighted by molar-refractivity contribution is 0.0978. The molecule has 4 nitrogen and oxygen atoms in total. The number of fused-ring (bicyclic) bond motifs is 1. The zero-order chi connectivity index (χ0) is 14.1. The highest BCUT2D eigenvalue weighted by molar-refractivity contribution is 6.28. The summed E-state index contributed by atoms with van der Waals surface area (Å²) >= 11 is 6.04. The first-order valence-electron chi connectivity index (χ1n) is 6.57. The molecule has 20 heavy (non-hydrogen) atoms. The summed E-state index contributed by atoms with van der Waals surface area (Å²) in [6, 6.07) is 8.44. The van der Waals surface area contributed by atoms with Crippen molar-refractivity contribution in [1.82, 2.24) is 9.97 Å². The van der Waals surface area contributed by atoms with Crippen molar-refractivity contribution in [1.29, 1.82) is 0 Å². The van der Waals surface area contributed by atoms with Gasteiger partial charge in [-0.1, -0.05) is 29.8 Å². The number of hydrogen-bond acceptors (Lipinski definition) is 4. The second-order valence-corrected chi connectivity index (χ2v) is 5.27. The molecule has 1 aliphatic rings. The van der Waals surface area contributed by atoms with Crippen molar-refractivity contribution in [2.24, 2.45) is 0 Å². The van der Waals surface area contributed by atoms with Crippen LogP contribution >= 0.6 is 11.6 Å². The van der Waals surface area contributed by atoms with Crippen LogP contribution in [0.1, 0.15) is 28.3 Å². The van der Waals surface area contributed by atoms with Crippen LogP contribution in [0.25, 0.3) is 0 Å². The number of aromatic nitrogens is 2. The van der Waals surface area contributed by atoms with Gasteiger partial charge in [0.25, 0.3) is 0 Å². The van der Waals surface area contributed by atoms with Gasteiger partial charge in [-0.05, 0) is 24.1 Å². The van der Waals surface area contributed by atoms with Crippen LogP contribution in [0, 0.1) is 6.92 Å². The number of nitrogens with zero attached hydrogens (tertiary/aromatic N) is 2. The first-order chi connectivity index (χ1) is 9.69. The van der Waals surface area contributed by atoms with Gasteiger partial charge in [-0.15, -0.1) is 0 Å². The van der Waals surface area contributed by atoms with Crippen LogP contribution in [0.2, 0.25) is 5.28 Å². The van der Waals surface area contributed by atoms with Gasteiger partial charge in [-0.25, -0.2) is 9.97 Å². The van der Waals surface area contributed by atoms with E-state index in [0.717, 1.165) is 17.1 Å². The predicted molar refractivity (Wildman–Crippen MR) is 79.3 cm³/mol. The van der Waals surface area contributed by atoms with Crippen molar-refractivity contribution >= 4 is 17.4 Å². The van der Waals surface area contributed by atoms with Crippen molar-refractivity contribution in [2.75, 3.05) is 19.0 Å². The number of nitrogens with one attached hydrogen (secondary N) is 1. The molecule has 5 heteroatoms. The van der Waals surface area contributed by atoms with Crippen molar-refractivity contribution < 1.29 is 4.74 Å². The molecule has 0 aliphatic carbocycles. The Labute approximate surface area is 123 Å². The summed E-state index contributed by atoms with van der Waals surface area (Å²) in [5.74, 6) is 0.851. The fraction of sp³-hybridized carbons (Fsp3) is 0.333. The van der Waals surface area contributed by atoms with Crippen LogP contribution in [0.5, 0.6) is 0 Å². The molecule has 1 atom stereocenters. The van der Waals surface area contributed by atoms with E-state index >= 15 is 0 Å². The van der Waals surface area contributed by atoms with Gasteiger partial charge < -0.3 is 10.1 Å². The third-order valence-electron chi connectivity index (χ3n) is 3.59. The summed E-state index contributed by atoms with van der Waals surface area (Å²) in [4.78, 5) is 8.65. The minimum absolute atomic E-state index is 0.104. The molecule has 3 rings (SSSR count). The molecule has 1 unspecified atom stereocenters. The standard InChI is InChI=1S/C15H16ClN3O/c1-9-3-5-10(6-4-9)11-7-20-8-12-13(11)18-15(16)19-14(12)17-2/h3-6,11H,7-8H2,1-2H3,(H,17,18,19). The average molecular weight is 290 g/mol. The summed E-state index contributed by atoms with van der Waals surface area (Å²) in [5, 5.41) is 3.33. The fourth-order valence-electron chi connectivity index (χ4n) is 2.52. The zero-order valence-electron chi connectivity index (χ0n) is 11.5. The summed E-state index contributed by atoms with van der Waals surface area (Å²) < 4.78 is 5.71. The smallest absolute Gasteiger partial charge is 0.224 e. The highest BCUT2D eigenvalue weighted by Crippen LogP contribution is 2.34. The Morgan fingerprint density at radius 1 is 1.25 bits per heavy atom. The Morgan fingerprint density at radius 3 is 2.70 bits per heavy atom. The summed E-state index contributed by atoms with van der Waals surface area (Å²) in [6.07, 6.45) is 0. The Balaban J connectivity index is 2.09. The molecule has 1 aromatic heterocycles. The Bertz CT molecular complexity index is 628. The molecule has 0 spiro atoms. The largest absolute Gasteiger partial charge is 0.376 e. The highest BCUT2D eigenvalue weighted by atomic mass is 35.5. The molecule has 104 valence electrons. The zero-order valence-corrected chi connectivity index (χ0v) is 12.2. The molecule has 2 heterocycles. The molecule has 1 N–H and O–H groups in total. The number of halogens is 1. The van der Waals surface area contributed by atoms with Crippen LogP contribution in [0.3, 0.4) is 0 Å². The molecule has 0 fully saturated rings. The van der Waals surface area contributed by atoms with Gasteiger partial charge in [-0.2, -0.15) is 0 Å². The molecule has 0 radical (unpaired) electrons. The van der Waals surface area contributed by atoms with Gasteiger partial charge in [0, 0.05) is 12.6 Å². The van der Waals surface area contributed by atoms with Crippen LogP contribution in [-0.4, -0.2) is 23.6 Å². The van der Waals surface area contributed by atoms with Crippen molar-refractivity contribution in [3.63, 3.8) is 0 Å². The van der Waals surface area contributed by atoms with E-state index in [1.54, 1.807) is 0 Å². The lowest BCUT2D eigenvalue weighted by Gasteiger charge is -2.26. The second kappa shape index (κ2) is 5.38. The van der Waals surface area contributed by atoms with Gasteiger partial charge in [0.05, 0.1) is 24.8 Å². The van der Waals surface area contributed by atoms with Gasteiger partial charge >= 0.3 is 0 Å². The van der Waals surface area contributed by atoms with E-state index < -0.39 is 0 Å². The number of anilines is 1. The molecule has 1 aliphatic heterocycles. The monoisotopic (exact) mass is 289 g/mol. The maximum absolute atomic E-state index is 6.04. The Kier molecular flexibility index (Phi) is 3.59. The number of benzene rings is 1. The van der Waals surface area contributed by atoms with Crippen molar-refractivity contribution in [3.8, 4) is 0 Å². The quantitative estimate of drug-likeness (QED) is 0.863. The van der Waals surface area contributed by atoms with Gasteiger partial charge in [0.2, 0.25) is 5.28 Å². The number of aryl methyl sites for hydroxylation is 1. The lowest BCUT2D eigenvalue weighted by atomic mass is 9.91. The second-order valence-electron chi connectivity index (χ2n) is 4.93. The van der Waals surface area contributed by atoms with E-state index in [-0.39, 0.29) is 11.2 Å². The van der Waals surface area contributed by atoms with Gasteiger partial charge in [0.1, 0.15) is 5.82 Å². The maximum atomic E-state index is 6.04. The van der Waals surface area contributed by atoms with E-state index in [1.807, 2.05) is 7.05 Å². The first-order valence-corrected chi connectivity index (χ1v) is 6.95. The van der Waals surface area contributed by atoms with Crippen LogP contribution < -0.4 is 5.32 Å². The molecule has 2 aromatic rings. The number of ether oxygens (including phenoxy) is 1. The Morgan fingerprint density at radius 2 is 2.00 bits per heavy atom. The molecule has 0 bridgehead atoms. The van der Waals surface area contributed by atoms with E-state index in [2.05, 4.69) is 46.5 Å². The minimum Gasteiger partial charge on any atom is -0.376 e. The van der Waals surface area contributed by atoms with E-state index in [9.17, 15) is 0 Å². The molecule has 0 amide bonds. The number of hydrogen-bond donors (Lipinski definition) is 1. The molecule has 0 saturated heterocycles. The lowest BCUT2D eigenvalue weighted by Crippen LogP contribution is -2.21. The van der Waals surface area contributed by atoms with E-state index in [1.165, 1.54) is 11.1 Å². The third-order valence-corrected chi connectivity index (χ3v) is 3.76. The van der Waals surface area contributed by atoms with Crippen LogP contribution in [-0.2, 0) is 11.3 Å². The predicted octanol–water partition coefficient (Wildman–Crippen LogP) is 3.14. The minimum atomic E-state index is 0.104. The highest BCUT2D eigenvalue weighted by Gasteiger charge is 2.27. The first kappa shape index (κ1) is 13.3. The third kappa shape index (κ3) is 2.37. The maximum Gasteiger partial charge on any atom is 0.224 e. The molecule has 1 aromatic carbocycles. The van der Waals surface area contributed by atoms with Gasteiger partial charge in [-0.3, -0.25) is 0 Å². The van der Waals surface area contributed by atoms with E-state index in [0.29, 0.717) is 13.2 Å². The Hall–Kier alpha value is -1.65. The summed E-state index contributed by atoms with van der Waals surface area (Å²) in [7, 11) is 1.83. The van der Waals surface area contributed by atoms with Crippen molar-refractivity contribution in [2.45, 2.75) is 19.4 Å². The van der Waals surface area contributed by atoms with Crippen LogP contribution in [0.4, 0.5) is 5.82 Å². The molecular formula is C15H16ClN3O. The molecular weight excluding hydrogens is 274 g/mol.